The molecule has 7 heteroatoms. The van der Waals surface area contributed by atoms with E-state index >= 15 is 0 Å². The molecule has 0 aliphatic rings. The summed E-state index contributed by atoms with van der Waals surface area (Å²) in [5.74, 6) is -0.543. The Balaban J connectivity index is 2.18. The maximum atomic E-state index is 10.7. The SMILES string of the molecule is C[C@H](Sc1nnc(-c2cccc(Br)c2)o1)C(=O)O. The van der Waals surface area contributed by atoms with Crippen LogP contribution in [0, 0.1) is 0 Å². The quantitative estimate of drug-likeness (QED) is 0.869. The lowest BCUT2D eigenvalue weighted by molar-refractivity contribution is -0.136. The summed E-state index contributed by atoms with van der Waals surface area (Å²) in [6, 6.07) is 7.44. The van der Waals surface area contributed by atoms with Crippen molar-refractivity contribution in [3.05, 3.63) is 28.7 Å². The Bertz CT molecular complexity index is 573. The van der Waals surface area contributed by atoms with E-state index in [4.69, 9.17) is 9.52 Å². The van der Waals surface area contributed by atoms with Gasteiger partial charge in [0.05, 0.1) is 0 Å². The van der Waals surface area contributed by atoms with Gasteiger partial charge >= 0.3 is 5.97 Å². The van der Waals surface area contributed by atoms with Crippen LogP contribution in [0.25, 0.3) is 11.5 Å². The smallest absolute Gasteiger partial charge is 0.316 e. The first-order chi connectivity index (χ1) is 8.56. The molecule has 1 aromatic heterocycles. The van der Waals surface area contributed by atoms with Crippen LogP contribution in [0.5, 0.6) is 0 Å². The molecule has 0 aliphatic carbocycles. The first kappa shape index (κ1) is 13.1. The molecular weight excluding hydrogens is 320 g/mol. The van der Waals surface area contributed by atoms with E-state index in [1.165, 1.54) is 0 Å². The minimum atomic E-state index is -0.915. The van der Waals surface area contributed by atoms with Crippen molar-refractivity contribution < 1.29 is 14.3 Å². The highest BCUT2D eigenvalue weighted by Gasteiger charge is 2.17. The Hall–Kier alpha value is -1.34. The van der Waals surface area contributed by atoms with Crippen LogP contribution in [0.15, 0.2) is 38.4 Å². The van der Waals surface area contributed by atoms with Crippen molar-refractivity contribution in [2.75, 3.05) is 0 Å². The van der Waals surface area contributed by atoms with E-state index in [0.29, 0.717) is 5.89 Å². The lowest BCUT2D eigenvalue weighted by Gasteiger charge is -1.99. The zero-order chi connectivity index (χ0) is 13.1. The Morgan fingerprint density at radius 1 is 1.50 bits per heavy atom. The highest BCUT2D eigenvalue weighted by molar-refractivity contribution is 9.10. The molecule has 0 bridgehead atoms. The molecule has 2 rings (SSSR count). The number of carbonyl (C=O) groups is 1. The minimum absolute atomic E-state index is 0.250. The molecule has 0 fully saturated rings. The van der Waals surface area contributed by atoms with Crippen molar-refractivity contribution >= 4 is 33.7 Å². The van der Waals surface area contributed by atoms with E-state index in [0.717, 1.165) is 21.8 Å². The van der Waals surface area contributed by atoms with Crippen LogP contribution >= 0.6 is 27.7 Å². The van der Waals surface area contributed by atoms with Crippen LogP contribution in [-0.2, 0) is 4.79 Å². The van der Waals surface area contributed by atoms with Crippen molar-refractivity contribution in [1.82, 2.24) is 10.2 Å². The highest BCUT2D eigenvalue weighted by Crippen LogP contribution is 2.27. The van der Waals surface area contributed by atoms with Crippen LogP contribution in [-0.4, -0.2) is 26.5 Å². The fourth-order valence-corrected chi connectivity index (χ4v) is 2.21. The lowest BCUT2D eigenvalue weighted by atomic mass is 10.2. The lowest BCUT2D eigenvalue weighted by Crippen LogP contribution is -2.10. The van der Waals surface area contributed by atoms with E-state index in [-0.39, 0.29) is 5.22 Å². The molecule has 0 aliphatic heterocycles. The summed E-state index contributed by atoms with van der Waals surface area (Å²) in [7, 11) is 0. The van der Waals surface area contributed by atoms with Gasteiger partial charge in [0, 0.05) is 10.0 Å². The number of halogens is 1. The van der Waals surface area contributed by atoms with Crippen molar-refractivity contribution in [1.29, 1.82) is 0 Å². The number of hydrogen-bond donors (Lipinski definition) is 1. The molecular formula is C11H9BrN2O3S. The summed E-state index contributed by atoms with van der Waals surface area (Å²) in [6.45, 7) is 1.57. The van der Waals surface area contributed by atoms with E-state index in [1.807, 2.05) is 24.3 Å². The van der Waals surface area contributed by atoms with Gasteiger partial charge in [-0.1, -0.05) is 33.8 Å². The number of hydrogen-bond acceptors (Lipinski definition) is 5. The minimum Gasteiger partial charge on any atom is -0.480 e. The third-order valence-corrected chi connectivity index (χ3v) is 3.52. The van der Waals surface area contributed by atoms with Crippen molar-refractivity contribution in [3.63, 3.8) is 0 Å². The van der Waals surface area contributed by atoms with E-state index < -0.39 is 11.2 Å². The number of carboxylic acids is 1. The largest absolute Gasteiger partial charge is 0.480 e. The van der Waals surface area contributed by atoms with Gasteiger partial charge in [-0.25, -0.2) is 0 Å². The van der Waals surface area contributed by atoms with Gasteiger partial charge in [-0.15, -0.1) is 10.2 Å². The number of aliphatic carboxylic acids is 1. The molecule has 0 saturated carbocycles. The molecule has 0 spiro atoms. The maximum Gasteiger partial charge on any atom is 0.316 e. The number of aromatic nitrogens is 2. The van der Waals surface area contributed by atoms with Crippen molar-refractivity contribution in [3.8, 4) is 11.5 Å². The average Bonchev–Trinajstić information content (AvgIpc) is 2.77. The highest BCUT2D eigenvalue weighted by atomic mass is 79.9. The van der Waals surface area contributed by atoms with Crippen LogP contribution < -0.4 is 0 Å². The number of benzene rings is 1. The standard InChI is InChI=1S/C11H9BrN2O3S/c1-6(10(15)16)18-11-14-13-9(17-11)7-3-2-4-8(12)5-7/h2-6H,1H3,(H,15,16)/t6-/m0/s1. The van der Waals surface area contributed by atoms with Gasteiger partial charge in [0.1, 0.15) is 5.25 Å². The number of rotatable bonds is 4. The first-order valence-electron chi connectivity index (χ1n) is 5.05. The Kier molecular flexibility index (Phi) is 4.03. The molecule has 0 radical (unpaired) electrons. The molecule has 1 heterocycles. The maximum absolute atomic E-state index is 10.7. The predicted octanol–water partition coefficient (Wildman–Crippen LogP) is 3.06. The molecule has 2 aromatic rings. The van der Waals surface area contributed by atoms with Gasteiger partial charge in [-0.2, -0.15) is 0 Å². The normalized spacial score (nSPS) is 12.3. The van der Waals surface area contributed by atoms with Gasteiger partial charge < -0.3 is 9.52 Å². The molecule has 0 amide bonds. The summed E-state index contributed by atoms with van der Waals surface area (Å²) in [4.78, 5) is 10.7. The molecule has 1 N–H and O–H groups in total. The fraction of sp³-hybridized carbons (Fsp3) is 0.182. The Morgan fingerprint density at radius 3 is 2.94 bits per heavy atom. The van der Waals surface area contributed by atoms with Crippen molar-refractivity contribution in [2.45, 2.75) is 17.4 Å². The van der Waals surface area contributed by atoms with Crippen LogP contribution in [0.4, 0.5) is 0 Å². The van der Waals surface area contributed by atoms with E-state index in [2.05, 4.69) is 26.1 Å². The van der Waals surface area contributed by atoms with Crippen LogP contribution in [0.3, 0.4) is 0 Å². The Morgan fingerprint density at radius 2 is 2.28 bits per heavy atom. The topological polar surface area (TPSA) is 76.2 Å². The number of carboxylic acid groups (broad SMARTS) is 1. The molecule has 0 unspecified atom stereocenters. The number of nitrogens with zero attached hydrogens (tertiary/aromatic N) is 2. The van der Waals surface area contributed by atoms with E-state index in [1.54, 1.807) is 6.92 Å². The molecule has 18 heavy (non-hydrogen) atoms. The van der Waals surface area contributed by atoms with Gasteiger partial charge in [-0.05, 0) is 25.1 Å². The second kappa shape index (κ2) is 5.53. The van der Waals surface area contributed by atoms with Gasteiger partial charge in [-0.3, -0.25) is 4.79 Å². The van der Waals surface area contributed by atoms with Crippen LogP contribution in [0.2, 0.25) is 0 Å². The molecule has 94 valence electrons. The zero-order valence-corrected chi connectivity index (χ0v) is 11.7. The fourth-order valence-electron chi connectivity index (χ4n) is 1.20. The second-order valence-corrected chi connectivity index (χ2v) is 5.69. The van der Waals surface area contributed by atoms with Gasteiger partial charge in [0.2, 0.25) is 5.89 Å². The second-order valence-electron chi connectivity index (χ2n) is 3.48. The molecule has 0 saturated heterocycles. The average molecular weight is 329 g/mol. The molecule has 5 nitrogen and oxygen atoms in total. The summed E-state index contributed by atoms with van der Waals surface area (Å²) >= 11 is 4.37. The molecule has 1 atom stereocenters. The third kappa shape index (κ3) is 3.11. The molecule has 1 aromatic carbocycles. The Labute approximate surface area is 116 Å². The third-order valence-electron chi connectivity index (χ3n) is 2.10. The van der Waals surface area contributed by atoms with Gasteiger partial charge in [0.25, 0.3) is 5.22 Å². The predicted molar refractivity (Wildman–Crippen MR) is 70.4 cm³/mol. The first-order valence-corrected chi connectivity index (χ1v) is 6.72. The summed E-state index contributed by atoms with van der Waals surface area (Å²) < 4.78 is 6.31. The summed E-state index contributed by atoms with van der Waals surface area (Å²) in [5, 5.41) is 16.1. The van der Waals surface area contributed by atoms with E-state index in [9.17, 15) is 4.79 Å². The summed E-state index contributed by atoms with van der Waals surface area (Å²) in [6.07, 6.45) is 0. The number of thioether (sulfide) groups is 1. The van der Waals surface area contributed by atoms with Crippen molar-refractivity contribution in [2.24, 2.45) is 0 Å². The van der Waals surface area contributed by atoms with Gasteiger partial charge in [0.15, 0.2) is 0 Å². The van der Waals surface area contributed by atoms with Crippen LogP contribution in [0.1, 0.15) is 6.92 Å². The zero-order valence-electron chi connectivity index (χ0n) is 9.33. The summed E-state index contributed by atoms with van der Waals surface area (Å²) in [5.41, 5.74) is 0.784. The monoisotopic (exact) mass is 328 g/mol.